The number of primary amides is 1. The number of phenols is 1. The molecule has 0 aliphatic rings. The summed E-state index contributed by atoms with van der Waals surface area (Å²) in [4.78, 5) is 168. The third-order valence-electron chi connectivity index (χ3n) is 13.0. The Balaban J connectivity index is 1.49. The number of fused-ring (bicyclic) bond motifs is 1. The van der Waals surface area contributed by atoms with Gasteiger partial charge in [0.1, 0.15) is 54.1 Å². The van der Waals surface area contributed by atoms with Crippen LogP contribution in [0.5, 0.6) is 5.75 Å². The first-order chi connectivity index (χ1) is 39.8. The first-order valence-corrected chi connectivity index (χ1v) is 26.8. The molecule has 30 heteroatoms. The SMILES string of the molecule is CC(C)C[C@H](NC(=O)[C@H](Cc1cnc[nH]1)NC(=O)[C@H](CO)NC(=O)CN)C(=O)N[C@@H](CCC(=O)O)C(=O)N[C@H](C(=O)N[C@@H](CCC(N)=O)C(=O)NCC(=O)N[C@@H](Cc1ccc(O)cc1)C(=O)N[C@@H](Cc1c[nH]c2ccccc12)C(=O)O)C(C)C. The number of benzene rings is 2. The number of amides is 10. The van der Waals surface area contributed by atoms with Crippen LogP contribution < -0.4 is 59.3 Å². The highest BCUT2D eigenvalue weighted by molar-refractivity contribution is 5.98. The average molecular weight is 1180 g/mol. The molecule has 0 aliphatic carbocycles. The zero-order chi connectivity index (χ0) is 62.2. The minimum Gasteiger partial charge on any atom is -0.508 e. The predicted octanol–water partition coefficient (Wildman–Crippen LogP) is -3.51. The number of phenolic OH excluding ortho intramolecular Hbond substituents is 1. The van der Waals surface area contributed by atoms with Crippen LogP contribution in [0.1, 0.15) is 76.6 Å². The second kappa shape index (κ2) is 32.9. The monoisotopic (exact) mass is 1170 g/mol. The van der Waals surface area contributed by atoms with Crippen molar-refractivity contribution in [1.82, 2.24) is 62.8 Å². The summed E-state index contributed by atoms with van der Waals surface area (Å²) < 4.78 is 0. The van der Waals surface area contributed by atoms with Gasteiger partial charge in [-0.25, -0.2) is 9.78 Å². The lowest BCUT2D eigenvalue weighted by Gasteiger charge is -2.29. The fourth-order valence-electron chi connectivity index (χ4n) is 8.54. The van der Waals surface area contributed by atoms with Gasteiger partial charge in [0.2, 0.25) is 59.1 Å². The minimum atomic E-state index is -1.67. The van der Waals surface area contributed by atoms with Gasteiger partial charge in [-0.1, -0.05) is 58.0 Å². The number of aromatic nitrogens is 3. The van der Waals surface area contributed by atoms with Crippen molar-refractivity contribution in [2.75, 3.05) is 19.7 Å². The Morgan fingerprint density at radius 3 is 1.75 bits per heavy atom. The van der Waals surface area contributed by atoms with E-state index in [-0.39, 0.29) is 37.4 Å². The maximum Gasteiger partial charge on any atom is 0.326 e. The number of aromatic hydroxyl groups is 1. The molecule has 19 N–H and O–H groups in total. The van der Waals surface area contributed by atoms with Crippen LogP contribution in [-0.4, -0.2) is 174 Å². The molecule has 4 aromatic rings. The third kappa shape index (κ3) is 21.8. The Morgan fingerprint density at radius 1 is 0.595 bits per heavy atom. The fraction of sp³-hybridized carbons (Fsp3) is 0.463. The molecule has 0 unspecified atom stereocenters. The number of imidazole rings is 1. The highest BCUT2D eigenvalue weighted by Crippen LogP contribution is 2.20. The van der Waals surface area contributed by atoms with Crippen molar-refractivity contribution in [2.45, 2.75) is 127 Å². The lowest BCUT2D eigenvalue weighted by atomic mass is 9.99. The fourth-order valence-corrected chi connectivity index (χ4v) is 8.54. The molecule has 10 amide bonds. The Hall–Kier alpha value is -9.45. The number of para-hydroxylation sites is 1. The number of aromatic amines is 2. The maximum absolute atomic E-state index is 14.1. The second-order valence-corrected chi connectivity index (χ2v) is 20.5. The number of carbonyl (C=O) groups excluding carboxylic acids is 10. The minimum absolute atomic E-state index is 0.0646. The summed E-state index contributed by atoms with van der Waals surface area (Å²) in [6.45, 7) is 4.22. The van der Waals surface area contributed by atoms with Gasteiger partial charge in [0.15, 0.2) is 0 Å². The van der Waals surface area contributed by atoms with E-state index in [1.54, 1.807) is 44.3 Å². The van der Waals surface area contributed by atoms with Gasteiger partial charge in [-0.15, -0.1) is 0 Å². The summed E-state index contributed by atoms with van der Waals surface area (Å²) in [6, 6.07) is 0.639. The molecular formula is C54H74N14O16. The Labute approximate surface area is 481 Å². The van der Waals surface area contributed by atoms with Gasteiger partial charge in [-0.3, -0.25) is 52.7 Å². The Kier molecular flexibility index (Phi) is 26.2. The van der Waals surface area contributed by atoms with Crippen LogP contribution in [0, 0.1) is 11.8 Å². The van der Waals surface area contributed by atoms with Gasteiger partial charge in [0.05, 0.1) is 26.0 Å². The van der Waals surface area contributed by atoms with Crippen LogP contribution in [0.25, 0.3) is 10.9 Å². The first-order valence-electron chi connectivity index (χ1n) is 26.8. The van der Waals surface area contributed by atoms with Gasteiger partial charge in [0.25, 0.3) is 0 Å². The molecule has 2 aromatic heterocycles. The number of rotatable bonds is 35. The normalized spacial score (nSPS) is 14.0. The summed E-state index contributed by atoms with van der Waals surface area (Å²) in [5, 5.41) is 62.0. The average Bonchev–Trinajstić information content (AvgIpc) is 4.34. The van der Waals surface area contributed by atoms with Gasteiger partial charge in [-0.05, 0) is 60.4 Å². The van der Waals surface area contributed by atoms with Crippen LogP contribution in [0.4, 0.5) is 0 Å². The second-order valence-electron chi connectivity index (χ2n) is 20.5. The summed E-state index contributed by atoms with van der Waals surface area (Å²) >= 11 is 0. The van der Waals surface area contributed by atoms with E-state index >= 15 is 0 Å². The largest absolute Gasteiger partial charge is 0.508 e. The van der Waals surface area contributed by atoms with Crippen molar-refractivity contribution in [2.24, 2.45) is 23.3 Å². The van der Waals surface area contributed by atoms with Crippen LogP contribution >= 0.6 is 0 Å². The molecule has 2 aromatic carbocycles. The van der Waals surface area contributed by atoms with E-state index in [1.807, 2.05) is 0 Å². The summed E-state index contributed by atoms with van der Waals surface area (Å²) in [5.41, 5.74) is 12.8. The van der Waals surface area contributed by atoms with Crippen molar-refractivity contribution in [3.8, 4) is 5.75 Å². The van der Waals surface area contributed by atoms with E-state index in [4.69, 9.17) is 11.5 Å². The highest BCUT2D eigenvalue weighted by atomic mass is 16.4. The number of hydrogen-bond donors (Lipinski definition) is 17. The standard InChI is InChI=1S/C54H74N14O16/c1-27(2)17-37(65-51(80)39(20-31-23-57-26-60-31)66-52(81)41(25-69)62-43(72)21-55)49(78)63-36(14-16-45(74)75)48(77)68-46(28(3)4)53(82)64-35(13-15-42(56)71)47(76)59-24-44(73)61-38(18-29-9-11-32(70)12-10-29)50(79)67-40(54(83)84)19-30-22-58-34-8-6-5-7-33(30)34/h5-12,22-23,26-28,35-41,46,58,69-70H,13-21,24-25,55H2,1-4H3,(H2,56,71)(H,57,60)(H,59,76)(H,61,73)(H,62,72)(H,63,78)(H,64,82)(H,65,80)(H,66,81)(H,67,79)(H,68,77)(H,74,75)(H,83,84)/t35-,36-,37-,38-,39-,40-,41-,46-/m0/s1. The number of nitrogens with two attached hydrogens (primary N) is 2. The molecule has 2 heterocycles. The van der Waals surface area contributed by atoms with Crippen molar-refractivity contribution in [3.63, 3.8) is 0 Å². The molecule has 0 saturated carbocycles. The van der Waals surface area contributed by atoms with E-state index in [9.17, 15) is 78.0 Å². The molecule has 0 aliphatic heterocycles. The smallest absolute Gasteiger partial charge is 0.326 e. The molecule has 30 nitrogen and oxygen atoms in total. The van der Waals surface area contributed by atoms with Crippen LogP contribution in [0.3, 0.4) is 0 Å². The number of hydrogen-bond acceptors (Lipinski definition) is 16. The molecule has 456 valence electrons. The number of nitrogens with one attached hydrogen (secondary N) is 11. The lowest BCUT2D eigenvalue weighted by molar-refractivity contribution is -0.142. The number of carboxylic acids is 2. The van der Waals surface area contributed by atoms with Gasteiger partial charge in [-0.2, -0.15) is 0 Å². The lowest BCUT2D eigenvalue weighted by Crippen LogP contribution is -2.61. The predicted molar refractivity (Wildman–Crippen MR) is 298 cm³/mol. The zero-order valence-corrected chi connectivity index (χ0v) is 46.7. The van der Waals surface area contributed by atoms with E-state index in [2.05, 4.69) is 62.8 Å². The van der Waals surface area contributed by atoms with E-state index < -0.39 is 171 Å². The first kappa shape index (κ1) is 67.1. The molecule has 0 radical (unpaired) electrons. The van der Waals surface area contributed by atoms with Crippen molar-refractivity contribution < 1.29 is 78.0 Å². The molecule has 84 heavy (non-hydrogen) atoms. The highest BCUT2D eigenvalue weighted by Gasteiger charge is 2.36. The number of aliphatic hydroxyl groups is 1. The molecule has 8 atom stereocenters. The summed E-state index contributed by atoms with van der Waals surface area (Å²) in [5.74, 6) is -13.4. The topological polar surface area (TPSA) is 491 Å². The van der Waals surface area contributed by atoms with E-state index in [1.165, 1.54) is 50.6 Å². The van der Waals surface area contributed by atoms with Crippen LogP contribution in [-0.2, 0) is 76.8 Å². The summed E-state index contributed by atoms with van der Waals surface area (Å²) in [7, 11) is 0. The third-order valence-corrected chi connectivity index (χ3v) is 13.0. The molecule has 0 fully saturated rings. The number of aliphatic carboxylic acids is 2. The van der Waals surface area contributed by atoms with Crippen LogP contribution in [0.2, 0.25) is 0 Å². The van der Waals surface area contributed by atoms with Crippen LogP contribution in [0.15, 0.2) is 67.3 Å². The van der Waals surface area contributed by atoms with Gasteiger partial charge in [0, 0.05) is 61.1 Å². The molecule has 4 rings (SSSR count). The summed E-state index contributed by atoms with van der Waals surface area (Å²) in [6.07, 6.45) is 1.54. The molecule has 0 spiro atoms. The number of nitrogens with zero attached hydrogens (tertiary/aromatic N) is 1. The van der Waals surface area contributed by atoms with Crippen molar-refractivity contribution in [1.29, 1.82) is 0 Å². The number of H-pyrrole nitrogens is 2. The van der Waals surface area contributed by atoms with Gasteiger partial charge < -0.3 is 89.7 Å². The number of carboxylic acid groups (broad SMARTS) is 2. The number of aliphatic hydroxyl groups excluding tert-OH is 1. The van der Waals surface area contributed by atoms with E-state index in [0.29, 0.717) is 16.8 Å². The zero-order valence-electron chi connectivity index (χ0n) is 46.7. The van der Waals surface area contributed by atoms with Gasteiger partial charge >= 0.3 is 11.9 Å². The Morgan fingerprint density at radius 2 is 1.15 bits per heavy atom. The van der Waals surface area contributed by atoms with Crippen molar-refractivity contribution >= 4 is 81.9 Å². The van der Waals surface area contributed by atoms with E-state index in [0.717, 1.165) is 10.9 Å². The molecular weight excluding hydrogens is 1100 g/mol. The molecule has 0 bridgehead atoms. The number of carbonyl (C=O) groups is 12. The Bertz CT molecular complexity index is 2950. The van der Waals surface area contributed by atoms with Crippen molar-refractivity contribution in [3.05, 3.63) is 84.1 Å². The quantitative estimate of drug-likeness (QED) is 0.0212. The molecule has 0 saturated heterocycles. The maximum atomic E-state index is 14.1.